The molecule has 156 valence electrons. The first-order chi connectivity index (χ1) is 13.6. The summed E-state index contributed by atoms with van der Waals surface area (Å²) in [6.07, 6.45) is 0. The predicted molar refractivity (Wildman–Crippen MR) is 107 cm³/mol. The predicted octanol–water partition coefficient (Wildman–Crippen LogP) is 1.51. The standard InChI is InChI=1S/C19H21FN2O5S2/c1-13(23)22-16-6-8-17(9-7-16)29(26,27)19-12-28(24,25)11-18(19)21-10-14-2-4-15(20)5-3-14/h2-9,18-19,21H,10-12H2,1H3,(H,22,23). The highest BCUT2D eigenvalue weighted by molar-refractivity contribution is 7.96. The van der Waals surface area contributed by atoms with E-state index >= 15 is 0 Å². The Kier molecular flexibility index (Phi) is 6.06. The van der Waals surface area contributed by atoms with Crippen molar-refractivity contribution in [3.8, 4) is 0 Å². The van der Waals surface area contributed by atoms with Gasteiger partial charge in [0.15, 0.2) is 19.7 Å². The van der Waals surface area contributed by atoms with Crippen molar-refractivity contribution in [3.63, 3.8) is 0 Å². The number of amides is 1. The quantitative estimate of drug-likeness (QED) is 0.705. The van der Waals surface area contributed by atoms with Crippen LogP contribution in [-0.2, 0) is 31.0 Å². The molecule has 2 aromatic carbocycles. The molecule has 1 amide bonds. The van der Waals surface area contributed by atoms with Crippen LogP contribution in [0.2, 0.25) is 0 Å². The van der Waals surface area contributed by atoms with E-state index in [4.69, 9.17) is 0 Å². The van der Waals surface area contributed by atoms with Gasteiger partial charge in [-0.1, -0.05) is 12.1 Å². The monoisotopic (exact) mass is 440 g/mol. The van der Waals surface area contributed by atoms with Crippen LogP contribution >= 0.6 is 0 Å². The minimum absolute atomic E-state index is 0.0118. The molecule has 2 atom stereocenters. The zero-order valence-corrected chi connectivity index (χ0v) is 17.3. The Hall–Kier alpha value is -2.30. The van der Waals surface area contributed by atoms with Crippen molar-refractivity contribution in [2.75, 3.05) is 16.8 Å². The van der Waals surface area contributed by atoms with Crippen LogP contribution < -0.4 is 10.6 Å². The number of rotatable bonds is 6. The molecule has 0 radical (unpaired) electrons. The van der Waals surface area contributed by atoms with Gasteiger partial charge in [0.05, 0.1) is 21.7 Å². The average Bonchev–Trinajstić information content (AvgIpc) is 2.97. The normalized spacial score (nSPS) is 21.0. The summed E-state index contributed by atoms with van der Waals surface area (Å²) in [7, 11) is -7.46. The summed E-state index contributed by atoms with van der Waals surface area (Å²) in [4.78, 5) is 11.1. The maximum Gasteiger partial charge on any atom is 0.221 e. The minimum atomic E-state index is -3.93. The van der Waals surface area contributed by atoms with Gasteiger partial charge in [-0.05, 0) is 42.0 Å². The fraction of sp³-hybridized carbons (Fsp3) is 0.316. The first-order valence-corrected chi connectivity index (χ1v) is 12.2. The Bertz CT molecular complexity index is 1100. The molecule has 1 aliphatic rings. The van der Waals surface area contributed by atoms with E-state index in [1.54, 1.807) is 12.1 Å². The third kappa shape index (κ3) is 5.20. The van der Waals surface area contributed by atoms with Crippen molar-refractivity contribution < 1.29 is 26.0 Å². The summed E-state index contributed by atoms with van der Waals surface area (Å²) in [5.74, 6) is -1.43. The molecule has 2 aromatic rings. The molecular weight excluding hydrogens is 419 g/mol. The number of carbonyl (C=O) groups excluding carboxylic acids is 1. The maximum atomic E-state index is 13.1. The van der Waals surface area contributed by atoms with Crippen LogP contribution in [-0.4, -0.2) is 45.5 Å². The summed E-state index contributed by atoms with van der Waals surface area (Å²) in [6.45, 7) is 1.55. The molecule has 7 nitrogen and oxygen atoms in total. The fourth-order valence-electron chi connectivity index (χ4n) is 3.27. The summed E-state index contributed by atoms with van der Waals surface area (Å²) >= 11 is 0. The largest absolute Gasteiger partial charge is 0.326 e. The lowest BCUT2D eigenvalue weighted by Gasteiger charge is -2.20. The number of carbonyl (C=O) groups is 1. The van der Waals surface area contributed by atoms with Crippen molar-refractivity contribution in [2.24, 2.45) is 0 Å². The molecule has 0 aromatic heterocycles. The Morgan fingerprint density at radius 1 is 1.07 bits per heavy atom. The zero-order valence-electron chi connectivity index (χ0n) is 15.6. The molecule has 0 bridgehead atoms. The van der Waals surface area contributed by atoms with E-state index in [2.05, 4.69) is 10.6 Å². The lowest BCUT2D eigenvalue weighted by molar-refractivity contribution is -0.114. The van der Waals surface area contributed by atoms with Crippen molar-refractivity contribution in [1.29, 1.82) is 0 Å². The van der Waals surface area contributed by atoms with Gasteiger partial charge in [-0.15, -0.1) is 0 Å². The highest BCUT2D eigenvalue weighted by Gasteiger charge is 2.45. The van der Waals surface area contributed by atoms with Crippen LogP contribution in [0.3, 0.4) is 0 Å². The third-order valence-electron chi connectivity index (χ3n) is 4.68. The van der Waals surface area contributed by atoms with Gasteiger partial charge in [0.25, 0.3) is 0 Å². The summed E-state index contributed by atoms with van der Waals surface area (Å²) in [5.41, 5.74) is 1.16. The topological polar surface area (TPSA) is 109 Å². The Morgan fingerprint density at radius 3 is 2.28 bits per heavy atom. The molecule has 2 N–H and O–H groups in total. The zero-order chi connectivity index (χ0) is 21.2. The first-order valence-electron chi connectivity index (χ1n) is 8.87. The molecule has 1 saturated heterocycles. The Morgan fingerprint density at radius 2 is 1.69 bits per heavy atom. The highest BCUT2D eigenvalue weighted by Crippen LogP contribution is 2.27. The van der Waals surface area contributed by atoms with Crippen LogP contribution in [0.5, 0.6) is 0 Å². The Balaban J connectivity index is 1.81. The van der Waals surface area contributed by atoms with Crippen molar-refractivity contribution in [3.05, 3.63) is 59.9 Å². The van der Waals surface area contributed by atoms with Crippen LogP contribution in [0.1, 0.15) is 12.5 Å². The second-order valence-electron chi connectivity index (χ2n) is 6.98. The highest BCUT2D eigenvalue weighted by atomic mass is 32.2. The second-order valence-corrected chi connectivity index (χ2v) is 11.3. The van der Waals surface area contributed by atoms with Gasteiger partial charge in [0.1, 0.15) is 5.82 Å². The van der Waals surface area contributed by atoms with Gasteiger partial charge in [0.2, 0.25) is 5.91 Å². The molecule has 1 heterocycles. The summed E-state index contributed by atoms with van der Waals surface area (Å²) in [5, 5.41) is 4.41. The van der Waals surface area contributed by atoms with E-state index in [0.717, 1.165) is 0 Å². The van der Waals surface area contributed by atoms with Gasteiger partial charge >= 0.3 is 0 Å². The third-order valence-corrected chi connectivity index (χ3v) is 8.85. The van der Waals surface area contributed by atoms with Crippen LogP contribution in [0, 0.1) is 5.82 Å². The lowest BCUT2D eigenvalue weighted by Crippen LogP contribution is -2.43. The molecule has 1 aliphatic heterocycles. The van der Waals surface area contributed by atoms with Gasteiger partial charge in [0, 0.05) is 25.2 Å². The lowest BCUT2D eigenvalue weighted by atomic mass is 10.2. The molecule has 1 fully saturated rings. The van der Waals surface area contributed by atoms with Crippen LogP contribution in [0.15, 0.2) is 53.4 Å². The molecule has 3 rings (SSSR count). The number of sulfone groups is 2. The van der Waals surface area contributed by atoms with Crippen LogP contribution in [0.25, 0.3) is 0 Å². The molecule has 10 heteroatoms. The number of hydrogen-bond acceptors (Lipinski definition) is 6. The second kappa shape index (κ2) is 8.21. The fourth-order valence-corrected chi connectivity index (χ4v) is 7.99. The van der Waals surface area contributed by atoms with Crippen LogP contribution in [0.4, 0.5) is 10.1 Å². The van der Waals surface area contributed by atoms with Crippen molar-refractivity contribution >= 4 is 31.3 Å². The molecule has 0 aliphatic carbocycles. The molecular formula is C19H21FN2O5S2. The van der Waals surface area contributed by atoms with E-state index in [1.165, 1.54) is 43.3 Å². The number of anilines is 1. The van der Waals surface area contributed by atoms with E-state index in [-0.39, 0.29) is 28.9 Å². The maximum absolute atomic E-state index is 13.1. The smallest absolute Gasteiger partial charge is 0.221 e. The van der Waals surface area contributed by atoms with E-state index < -0.39 is 36.7 Å². The average molecular weight is 441 g/mol. The van der Waals surface area contributed by atoms with E-state index in [9.17, 15) is 26.0 Å². The molecule has 29 heavy (non-hydrogen) atoms. The van der Waals surface area contributed by atoms with Crippen molar-refractivity contribution in [1.82, 2.24) is 5.32 Å². The van der Waals surface area contributed by atoms with Gasteiger partial charge in [-0.3, -0.25) is 4.79 Å². The van der Waals surface area contributed by atoms with E-state index in [1.807, 2.05) is 0 Å². The number of hydrogen-bond donors (Lipinski definition) is 2. The number of halogens is 1. The molecule has 0 spiro atoms. The van der Waals surface area contributed by atoms with Gasteiger partial charge < -0.3 is 10.6 Å². The summed E-state index contributed by atoms with van der Waals surface area (Å²) < 4.78 is 63.5. The number of nitrogens with one attached hydrogen (secondary N) is 2. The SMILES string of the molecule is CC(=O)Nc1ccc(S(=O)(=O)C2CS(=O)(=O)CC2NCc2ccc(F)cc2)cc1. The minimum Gasteiger partial charge on any atom is -0.326 e. The molecule has 2 unspecified atom stereocenters. The first kappa shape index (κ1) is 21.4. The Labute approximate surface area is 169 Å². The molecule has 0 saturated carbocycles. The number of benzene rings is 2. The van der Waals surface area contributed by atoms with Crippen molar-refractivity contribution in [2.45, 2.75) is 29.7 Å². The van der Waals surface area contributed by atoms with Gasteiger partial charge in [-0.25, -0.2) is 21.2 Å². The van der Waals surface area contributed by atoms with Gasteiger partial charge in [-0.2, -0.15) is 0 Å². The summed E-state index contributed by atoms with van der Waals surface area (Å²) in [6, 6.07) is 10.5. The van der Waals surface area contributed by atoms with E-state index in [0.29, 0.717) is 11.3 Å².